The van der Waals surface area contributed by atoms with Crippen LogP contribution in [-0.4, -0.2) is 32.2 Å². The van der Waals surface area contributed by atoms with E-state index in [1.54, 1.807) is 0 Å². The Balaban J connectivity index is 0. The molecular weight excluding hydrogens is 350 g/mol. The normalized spacial score (nSPS) is 12.0. The molecule has 0 aliphatic heterocycles. The summed E-state index contributed by atoms with van der Waals surface area (Å²) in [6.45, 7) is 12.9. The van der Waals surface area contributed by atoms with E-state index in [1.807, 2.05) is 0 Å². The van der Waals surface area contributed by atoms with Gasteiger partial charge in [0.05, 0.1) is 27.7 Å². The molecule has 0 bridgehead atoms. The molecule has 0 aliphatic rings. The van der Waals surface area contributed by atoms with E-state index in [-0.39, 0.29) is 0 Å². The predicted octanol–water partition coefficient (Wildman–Crippen LogP) is 9.79. The van der Waals surface area contributed by atoms with Crippen LogP contribution in [-0.2, 0) is 0 Å². The minimum Gasteiger partial charge on any atom is -0.331 e. The third-order valence-corrected chi connectivity index (χ3v) is 5.71. The van der Waals surface area contributed by atoms with Gasteiger partial charge in [0.25, 0.3) is 0 Å². The van der Waals surface area contributed by atoms with Gasteiger partial charge in [0, 0.05) is 0 Å². The zero-order valence-electron chi connectivity index (χ0n) is 22.4. The van der Waals surface area contributed by atoms with Crippen molar-refractivity contribution in [3.05, 3.63) is 0 Å². The Morgan fingerprint density at radius 2 is 0.759 bits per heavy atom. The second kappa shape index (κ2) is 21.2. The minimum atomic E-state index is 0.544. The highest BCUT2D eigenvalue weighted by atomic mass is 15.3. The summed E-state index contributed by atoms with van der Waals surface area (Å²) in [4.78, 5) is 0. The van der Waals surface area contributed by atoms with E-state index in [4.69, 9.17) is 0 Å². The van der Waals surface area contributed by atoms with Gasteiger partial charge in [-0.1, -0.05) is 131 Å². The van der Waals surface area contributed by atoms with Gasteiger partial charge in [-0.3, -0.25) is 0 Å². The fourth-order valence-electron chi connectivity index (χ4n) is 3.69. The highest BCUT2D eigenvalue weighted by molar-refractivity contribution is 4.61. The van der Waals surface area contributed by atoms with Crippen LogP contribution in [0.1, 0.15) is 150 Å². The van der Waals surface area contributed by atoms with Crippen molar-refractivity contribution < 1.29 is 4.48 Å². The van der Waals surface area contributed by atoms with Crippen LogP contribution in [0.3, 0.4) is 0 Å². The zero-order chi connectivity index (χ0) is 22.4. The van der Waals surface area contributed by atoms with Crippen molar-refractivity contribution in [2.24, 2.45) is 5.41 Å². The maximum atomic E-state index is 2.34. The second-order valence-corrected chi connectivity index (χ2v) is 11.6. The van der Waals surface area contributed by atoms with Crippen molar-refractivity contribution in [1.82, 2.24) is 0 Å². The van der Waals surface area contributed by atoms with Crippen LogP contribution in [0.25, 0.3) is 0 Å². The lowest BCUT2D eigenvalue weighted by molar-refractivity contribution is -0.870. The molecule has 0 heterocycles. The van der Waals surface area contributed by atoms with E-state index in [0.29, 0.717) is 5.41 Å². The first kappa shape index (κ1) is 31.1. The summed E-state index contributed by atoms with van der Waals surface area (Å²) in [5.41, 5.74) is 0.544. The molecule has 0 aromatic carbocycles. The summed E-state index contributed by atoms with van der Waals surface area (Å²) in [6.07, 6.45) is 25.8. The van der Waals surface area contributed by atoms with Crippen LogP contribution in [0.2, 0.25) is 0 Å². The lowest BCUT2D eigenvalue weighted by Gasteiger charge is -2.23. The summed E-state index contributed by atoms with van der Waals surface area (Å²) in [5.74, 6) is 0. The Kier molecular flexibility index (Phi) is 22.8. The van der Waals surface area contributed by atoms with Gasteiger partial charge in [-0.2, -0.15) is 0 Å². The fourth-order valence-corrected chi connectivity index (χ4v) is 3.69. The van der Waals surface area contributed by atoms with E-state index in [2.05, 4.69) is 55.8 Å². The van der Waals surface area contributed by atoms with Crippen molar-refractivity contribution >= 4 is 0 Å². The van der Waals surface area contributed by atoms with Crippen LogP contribution in [0.4, 0.5) is 0 Å². The fraction of sp³-hybridized carbons (Fsp3) is 1.00. The first-order valence-corrected chi connectivity index (χ1v) is 13.4. The Hall–Kier alpha value is -0.0400. The smallest absolute Gasteiger partial charge is 0.0780 e. The van der Waals surface area contributed by atoms with Crippen molar-refractivity contribution in [3.63, 3.8) is 0 Å². The highest BCUT2D eigenvalue weighted by Gasteiger charge is 2.08. The number of unbranched alkanes of at least 4 members (excludes halogenated alkanes) is 15. The number of quaternary nitrogens is 1. The van der Waals surface area contributed by atoms with Crippen LogP contribution < -0.4 is 0 Å². The molecule has 0 saturated carbocycles. The quantitative estimate of drug-likeness (QED) is 0.155. The number of rotatable bonds is 18. The molecule has 0 spiro atoms. The van der Waals surface area contributed by atoms with Gasteiger partial charge in [0.15, 0.2) is 0 Å². The molecular formula is C28H62N+. The lowest BCUT2D eigenvalue weighted by Crippen LogP contribution is -2.35. The van der Waals surface area contributed by atoms with Crippen molar-refractivity contribution in [2.45, 2.75) is 150 Å². The maximum Gasteiger partial charge on any atom is 0.0780 e. The molecule has 0 aromatic heterocycles. The molecule has 0 atom stereocenters. The average molecular weight is 413 g/mol. The Bertz CT molecular complexity index is 294. The summed E-state index contributed by atoms with van der Waals surface area (Å²) in [6, 6.07) is 0. The van der Waals surface area contributed by atoms with Gasteiger partial charge in [-0.25, -0.2) is 0 Å². The number of nitrogens with zero attached hydrogens (tertiary/aromatic N) is 1. The lowest BCUT2D eigenvalue weighted by atomic mass is 9.89. The van der Waals surface area contributed by atoms with E-state index in [9.17, 15) is 0 Å². The Labute approximate surface area is 188 Å². The van der Waals surface area contributed by atoms with Crippen LogP contribution in [0, 0.1) is 5.41 Å². The van der Waals surface area contributed by atoms with Crippen LogP contribution in [0.5, 0.6) is 0 Å². The molecule has 0 fully saturated rings. The number of hydrogen-bond donors (Lipinski definition) is 0. The first-order valence-electron chi connectivity index (χ1n) is 13.4. The van der Waals surface area contributed by atoms with Crippen LogP contribution >= 0.6 is 0 Å². The van der Waals surface area contributed by atoms with Crippen molar-refractivity contribution in [3.8, 4) is 0 Å². The standard InChI is InChI=1S/C14H32N.C14H30/c1-5-6-7-8-9-10-11-12-13-14-15(2,3)4;1-5-6-7-8-9-10-11-12-13-14(2,3)4/h5-14H2,1-4H3;5-13H2,1-4H3/q+1;. The highest BCUT2D eigenvalue weighted by Crippen LogP contribution is 2.22. The minimum absolute atomic E-state index is 0.544. The number of hydrogen-bond acceptors (Lipinski definition) is 0. The maximum absolute atomic E-state index is 2.34. The second-order valence-electron chi connectivity index (χ2n) is 11.6. The molecule has 1 nitrogen and oxygen atoms in total. The van der Waals surface area contributed by atoms with Gasteiger partial charge >= 0.3 is 0 Å². The molecule has 1 heteroatoms. The van der Waals surface area contributed by atoms with Crippen LogP contribution in [0.15, 0.2) is 0 Å². The predicted molar refractivity (Wildman–Crippen MR) is 137 cm³/mol. The van der Waals surface area contributed by atoms with E-state index in [0.717, 1.165) is 4.48 Å². The zero-order valence-corrected chi connectivity index (χ0v) is 22.4. The van der Waals surface area contributed by atoms with E-state index in [1.165, 1.54) is 122 Å². The van der Waals surface area contributed by atoms with Gasteiger partial charge < -0.3 is 4.48 Å². The third kappa shape index (κ3) is 35.7. The van der Waals surface area contributed by atoms with Gasteiger partial charge in [-0.15, -0.1) is 0 Å². The molecule has 0 unspecified atom stereocenters. The monoisotopic (exact) mass is 412 g/mol. The molecule has 0 aliphatic carbocycles. The van der Waals surface area contributed by atoms with Crippen molar-refractivity contribution in [2.75, 3.05) is 27.7 Å². The topological polar surface area (TPSA) is 0 Å². The molecule has 178 valence electrons. The SMILES string of the molecule is CCCCCCCCCCC(C)(C)C.CCCCCCCCCCC[N+](C)(C)C. The summed E-state index contributed by atoms with van der Waals surface area (Å²) in [7, 11) is 6.85. The average Bonchev–Trinajstić information content (AvgIpc) is 2.61. The molecule has 0 N–H and O–H groups in total. The first-order chi connectivity index (χ1) is 13.6. The molecule has 29 heavy (non-hydrogen) atoms. The van der Waals surface area contributed by atoms with Gasteiger partial charge in [-0.05, 0) is 24.7 Å². The van der Waals surface area contributed by atoms with Crippen molar-refractivity contribution in [1.29, 1.82) is 0 Å². The molecule has 0 amide bonds. The van der Waals surface area contributed by atoms with E-state index >= 15 is 0 Å². The Morgan fingerprint density at radius 3 is 1.07 bits per heavy atom. The molecule has 0 rings (SSSR count). The van der Waals surface area contributed by atoms with Gasteiger partial charge in [0.2, 0.25) is 0 Å². The summed E-state index contributed by atoms with van der Waals surface area (Å²) >= 11 is 0. The molecule has 0 aromatic rings. The van der Waals surface area contributed by atoms with E-state index < -0.39 is 0 Å². The molecule has 0 saturated heterocycles. The Morgan fingerprint density at radius 1 is 0.448 bits per heavy atom. The third-order valence-electron chi connectivity index (χ3n) is 5.71. The summed E-state index contributed by atoms with van der Waals surface area (Å²) in [5, 5.41) is 0. The van der Waals surface area contributed by atoms with Gasteiger partial charge in [0.1, 0.15) is 0 Å². The largest absolute Gasteiger partial charge is 0.331 e. The summed E-state index contributed by atoms with van der Waals surface area (Å²) < 4.78 is 1.12. The molecule has 0 radical (unpaired) electrons.